The number of rotatable bonds is 7. The highest BCUT2D eigenvalue weighted by Gasteiger charge is 1.98. The molecule has 0 saturated carbocycles. The van der Waals surface area contributed by atoms with E-state index in [4.69, 9.17) is 10.5 Å². The summed E-state index contributed by atoms with van der Waals surface area (Å²) in [7, 11) is 0. The van der Waals surface area contributed by atoms with Crippen molar-refractivity contribution in [3.63, 3.8) is 0 Å². The summed E-state index contributed by atoms with van der Waals surface area (Å²) in [5.41, 5.74) is 4.87. The van der Waals surface area contributed by atoms with Crippen LogP contribution in [0.4, 0.5) is 0 Å². The number of ether oxygens (including phenoxy) is 1. The maximum atomic E-state index is 10.7. The van der Waals surface area contributed by atoms with Crippen molar-refractivity contribution >= 4 is 11.7 Å². The van der Waals surface area contributed by atoms with Gasteiger partial charge in [-0.25, -0.2) is 0 Å². The first kappa shape index (κ1) is 15.6. The van der Waals surface area contributed by atoms with Crippen LogP contribution in [0.2, 0.25) is 0 Å². The molecule has 0 saturated heterocycles. The fourth-order valence-corrected chi connectivity index (χ4v) is 0.638. The second-order valence-corrected chi connectivity index (χ2v) is 2.47. The number of carbonyl (C=O) groups is 2. The van der Waals surface area contributed by atoms with E-state index in [9.17, 15) is 9.59 Å². The number of hydrogen-bond acceptors (Lipinski definition) is 3. The van der Waals surface area contributed by atoms with E-state index in [-0.39, 0.29) is 18.1 Å². The smallest absolute Gasteiger partial charge is 0.219 e. The Morgan fingerprint density at radius 1 is 1.14 bits per heavy atom. The van der Waals surface area contributed by atoms with E-state index >= 15 is 0 Å². The summed E-state index contributed by atoms with van der Waals surface area (Å²) in [6.45, 7) is 6.51. The average Bonchev–Trinajstić information content (AvgIpc) is 2.19. The molecule has 4 nitrogen and oxygen atoms in total. The van der Waals surface area contributed by atoms with Crippen molar-refractivity contribution in [3.05, 3.63) is 0 Å². The molecule has 2 N–H and O–H groups in total. The second-order valence-electron chi connectivity index (χ2n) is 2.47. The van der Waals surface area contributed by atoms with Gasteiger partial charge >= 0.3 is 0 Å². The molecule has 0 unspecified atom stereocenters. The molecule has 0 atom stereocenters. The van der Waals surface area contributed by atoms with Crippen LogP contribution in [-0.4, -0.2) is 24.9 Å². The van der Waals surface area contributed by atoms with Gasteiger partial charge in [0.2, 0.25) is 5.91 Å². The van der Waals surface area contributed by atoms with Gasteiger partial charge in [0.15, 0.2) is 0 Å². The molecule has 14 heavy (non-hydrogen) atoms. The van der Waals surface area contributed by atoms with Gasteiger partial charge in [0, 0.05) is 19.3 Å². The van der Waals surface area contributed by atoms with Gasteiger partial charge in [-0.05, 0) is 0 Å². The van der Waals surface area contributed by atoms with Crippen LogP contribution >= 0.6 is 0 Å². The van der Waals surface area contributed by atoms with E-state index in [1.165, 1.54) is 0 Å². The molecule has 0 spiro atoms. The third kappa shape index (κ3) is 13.7. The zero-order chi connectivity index (χ0) is 11.4. The molecule has 0 aliphatic rings. The highest BCUT2D eigenvalue weighted by molar-refractivity contribution is 5.78. The van der Waals surface area contributed by atoms with Crippen molar-refractivity contribution in [3.8, 4) is 0 Å². The summed E-state index contributed by atoms with van der Waals surface area (Å²) in [5, 5.41) is 0. The quantitative estimate of drug-likeness (QED) is 0.633. The number of primary amides is 1. The third-order valence-corrected chi connectivity index (χ3v) is 1.41. The van der Waals surface area contributed by atoms with Crippen molar-refractivity contribution in [1.29, 1.82) is 0 Å². The molecule has 0 radical (unpaired) electrons. The summed E-state index contributed by atoms with van der Waals surface area (Å²) in [5.74, 6) is -0.203. The van der Waals surface area contributed by atoms with Gasteiger partial charge < -0.3 is 10.5 Å². The van der Waals surface area contributed by atoms with E-state index in [1.807, 2.05) is 20.8 Å². The van der Waals surface area contributed by atoms with E-state index in [1.54, 1.807) is 0 Å². The van der Waals surface area contributed by atoms with E-state index in [0.29, 0.717) is 26.1 Å². The van der Waals surface area contributed by atoms with Crippen molar-refractivity contribution in [1.82, 2.24) is 0 Å². The first-order valence-electron chi connectivity index (χ1n) is 5.04. The van der Waals surface area contributed by atoms with Crippen LogP contribution in [0, 0.1) is 0 Å². The van der Waals surface area contributed by atoms with E-state index in [2.05, 4.69) is 0 Å². The molecule has 0 aliphatic heterocycles. The summed E-state index contributed by atoms with van der Waals surface area (Å²) in [6, 6.07) is 0. The van der Waals surface area contributed by atoms with Crippen LogP contribution < -0.4 is 5.73 Å². The SMILES string of the molecule is CC.CCC(=O)CCOCCC(N)=O. The maximum absolute atomic E-state index is 10.7. The standard InChI is InChI=1S/C8H15NO3.C2H6/c1-2-7(10)3-5-12-6-4-8(9)11;1-2/h2-6H2,1H3,(H2,9,11);1-2H3. The normalized spacial score (nSPS) is 8.79. The molecule has 0 bridgehead atoms. The number of hydrogen-bond donors (Lipinski definition) is 1. The minimum atomic E-state index is -0.378. The number of carbonyl (C=O) groups excluding carboxylic acids is 2. The Balaban J connectivity index is 0. The van der Waals surface area contributed by atoms with Crippen molar-refractivity contribution in [2.24, 2.45) is 5.73 Å². The van der Waals surface area contributed by atoms with Crippen LogP contribution in [0.5, 0.6) is 0 Å². The van der Waals surface area contributed by atoms with Crippen molar-refractivity contribution < 1.29 is 14.3 Å². The molecule has 0 fully saturated rings. The van der Waals surface area contributed by atoms with Gasteiger partial charge in [-0.2, -0.15) is 0 Å². The van der Waals surface area contributed by atoms with Gasteiger partial charge in [-0.15, -0.1) is 0 Å². The zero-order valence-electron chi connectivity index (χ0n) is 9.34. The Morgan fingerprint density at radius 2 is 1.64 bits per heavy atom. The molecule has 0 aromatic rings. The summed E-state index contributed by atoms with van der Waals surface area (Å²) in [4.78, 5) is 21.0. The van der Waals surface area contributed by atoms with Crippen LogP contribution in [-0.2, 0) is 14.3 Å². The predicted octanol–water partition coefficient (Wildman–Crippen LogP) is 1.27. The van der Waals surface area contributed by atoms with Crippen LogP contribution in [0.3, 0.4) is 0 Å². The van der Waals surface area contributed by atoms with E-state index in [0.717, 1.165) is 0 Å². The lowest BCUT2D eigenvalue weighted by atomic mass is 10.2. The Bertz CT molecular complexity index is 157. The van der Waals surface area contributed by atoms with Crippen molar-refractivity contribution in [2.45, 2.75) is 40.0 Å². The Labute approximate surface area is 85.8 Å². The highest BCUT2D eigenvalue weighted by Crippen LogP contribution is 1.90. The van der Waals surface area contributed by atoms with Gasteiger partial charge in [0.05, 0.1) is 13.2 Å². The number of nitrogens with two attached hydrogens (primary N) is 1. The monoisotopic (exact) mass is 203 g/mol. The molecular weight excluding hydrogens is 182 g/mol. The molecule has 0 aromatic carbocycles. The second kappa shape index (κ2) is 12.1. The fourth-order valence-electron chi connectivity index (χ4n) is 0.638. The summed E-state index contributed by atoms with van der Waals surface area (Å²) >= 11 is 0. The predicted molar refractivity (Wildman–Crippen MR) is 55.9 cm³/mol. The van der Waals surface area contributed by atoms with Gasteiger partial charge in [0.25, 0.3) is 0 Å². The minimum absolute atomic E-state index is 0.175. The Morgan fingerprint density at radius 3 is 2.07 bits per heavy atom. The fraction of sp³-hybridized carbons (Fsp3) is 0.800. The van der Waals surface area contributed by atoms with E-state index < -0.39 is 0 Å². The maximum Gasteiger partial charge on any atom is 0.219 e. The minimum Gasteiger partial charge on any atom is -0.380 e. The third-order valence-electron chi connectivity index (χ3n) is 1.41. The molecule has 0 rings (SSSR count). The first-order chi connectivity index (χ1) is 6.66. The molecule has 84 valence electrons. The lowest BCUT2D eigenvalue weighted by Crippen LogP contribution is -2.14. The number of ketones is 1. The molecule has 0 aliphatic carbocycles. The lowest BCUT2D eigenvalue weighted by molar-refractivity contribution is -0.120. The highest BCUT2D eigenvalue weighted by atomic mass is 16.5. The molecule has 1 amide bonds. The molecule has 4 heteroatoms. The Kier molecular flexibility index (Phi) is 13.5. The summed E-state index contributed by atoms with van der Waals surface area (Å²) in [6.07, 6.45) is 1.19. The summed E-state index contributed by atoms with van der Waals surface area (Å²) < 4.78 is 5.00. The average molecular weight is 203 g/mol. The van der Waals surface area contributed by atoms with Gasteiger partial charge in [0.1, 0.15) is 5.78 Å². The molecule has 0 heterocycles. The van der Waals surface area contributed by atoms with Crippen LogP contribution in [0.15, 0.2) is 0 Å². The largest absolute Gasteiger partial charge is 0.380 e. The topological polar surface area (TPSA) is 69.4 Å². The first-order valence-corrected chi connectivity index (χ1v) is 5.04. The van der Waals surface area contributed by atoms with Crippen LogP contribution in [0.25, 0.3) is 0 Å². The van der Waals surface area contributed by atoms with Crippen molar-refractivity contribution in [2.75, 3.05) is 13.2 Å². The zero-order valence-corrected chi connectivity index (χ0v) is 9.34. The van der Waals surface area contributed by atoms with Crippen LogP contribution in [0.1, 0.15) is 40.0 Å². The molecular formula is C10H21NO3. The van der Waals surface area contributed by atoms with Gasteiger partial charge in [-0.3, -0.25) is 9.59 Å². The van der Waals surface area contributed by atoms with Gasteiger partial charge in [-0.1, -0.05) is 20.8 Å². The lowest BCUT2D eigenvalue weighted by Gasteiger charge is -2.00. The molecule has 0 aromatic heterocycles. The Hall–Kier alpha value is -0.900. The number of Topliss-reactive ketones (excluding diaryl/α,β-unsaturated/α-hetero) is 1. The number of amides is 1.